The number of carbonyl (C=O) groups is 3. The van der Waals surface area contributed by atoms with Gasteiger partial charge in [-0.05, 0) is 86.9 Å². The van der Waals surface area contributed by atoms with Crippen LogP contribution < -0.4 is 0 Å². The molecule has 7 atom stereocenters. The van der Waals surface area contributed by atoms with Gasteiger partial charge in [-0.1, -0.05) is 34.1 Å². The quantitative estimate of drug-likeness (QED) is 0.422. The number of aliphatic carboxylic acids is 1. The van der Waals surface area contributed by atoms with Gasteiger partial charge < -0.3 is 14.6 Å². The molecule has 3 fully saturated rings. The van der Waals surface area contributed by atoms with Crippen molar-refractivity contribution in [3.8, 4) is 0 Å². The largest absolute Gasteiger partial charge is 0.481 e. The Morgan fingerprint density at radius 3 is 2.39 bits per heavy atom. The SMILES string of the molecule is CC.CCCC1(C)C(CC=O)CCC2C1CCC1(OC=O)C(CCCC(=O)O)CCC21. The molecule has 0 aliphatic heterocycles. The second kappa shape index (κ2) is 11.5. The van der Waals surface area contributed by atoms with Crippen molar-refractivity contribution in [2.45, 2.75) is 110 Å². The number of carboxylic acid groups (broad SMARTS) is 1. The molecule has 7 unspecified atom stereocenters. The summed E-state index contributed by atoms with van der Waals surface area (Å²) in [5, 5.41) is 9.01. The van der Waals surface area contributed by atoms with Gasteiger partial charge in [-0.3, -0.25) is 9.59 Å². The minimum absolute atomic E-state index is 0.187. The van der Waals surface area contributed by atoms with Crippen LogP contribution in [0, 0.1) is 35.0 Å². The van der Waals surface area contributed by atoms with Crippen molar-refractivity contribution in [2.75, 3.05) is 0 Å². The second-order valence-electron chi connectivity index (χ2n) is 10.1. The number of carboxylic acids is 1. The molecule has 31 heavy (non-hydrogen) atoms. The van der Waals surface area contributed by atoms with Gasteiger partial charge in [0.15, 0.2) is 0 Å². The molecule has 178 valence electrons. The molecule has 0 aromatic heterocycles. The maximum absolute atomic E-state index is 11.5. The molecular formula is C26H44O5. The molecule has 3 saturated carbocycles. The molecule has 1 N–H and O–H groups in total. The lowest BCUT2D eigenvalue weighted by molar-refractivity contribution is -0.182. The molecule has 0 heterocycles. The fraction of sp³-hybridized carbons (Fsp3) is 0.885. The number of hydrogen-bond acceptors (Lipinski definition) is 4. The highest BCUT2D eigenvalue weighted by Crippen LogP contribution is 2.64. The lowest BCUT2D eigenvalue weighted by atomic mass is 9.47. The van der Waals surface area contributed by atoms with Gasteiger partial charge in [-0.2, -0.15) is 0 Å². The second-order valence-corrected chi connectivity index (χ2v) is 10.1. The summed E-state index contributed by atoms with van der Waals surface area (Å²) in [6.07, 6.45) is 12.0. The number of hydrogen-bond donors (Lipinski definition) is 1. The van der Waals surface area contributed by atoms with E-state index < -0.39 is 11.6 Å². The first-order valence-electron chi connectivity index (χ1n) is 12.7. The minimum Gasteiger partial charge on any atom is -0.481 e. The highest BCUT2D eigenvalue weighted by molar-refractivity contribution is 5.66. The van der Waals surface area contributed by atoms with E-state index in [9.17, 15) is 14.4 Å². The normalized spacial score (nSPS) is 38.8. The zero-order valence-electron chi connectivity index (χ0n) is 20.1. The number of aldehydes is 1. The van der Waals surface area contributed by atoms with E-state index in [0.717, 1.165) is 64.1 Å². The summed E-state index contributed by atoms with van der Waals surface area (Å²) in [7, 11) is 0. The van der Waals surface area contributed by atoms with Crippen molar-refractivity contribution < 1.29 is 24.2 Å². The zero-order valence-corrected chi connectivity index (χ0v) is 20.1. The summed E-state index contributed by atoms with van der Waals surface area (Å²) in [4.78, 5) is 33.8. The van der Waals surface area contributed by atoms with Crippen molar-refractivity contribution >= 4 is 18.7 Å². The number of rotatable bonds is 10. The van der Waals surface area contributed by atoms with Crippen molar-refractivity contribution in [3.05, 3.63) is 0 Å². The topological polar surface area (TPSA) is 80.7 Å². The number of fused-ring (bicyclic) bond motifs is 3. The van der Waals surface area contributed by atoms with Gasteiger partial charge in [0.25, 0.3) is 6.47 Å². The predicted molar refractivity (Wildman–Crippen MR) is 122 cm³/mol. The first-order chi connectivity index (χ1) is 14.9. The van der Waals surface area contributed by atoms with Crippen LogP contribution in [0.5, 0.6) is 0 Å². The summed E-state index contributed by atoms with van der Waals surface area (Å²) in [5.41, 5.74) is -0.209. The lowest BCUT2D eigenvalue weighted by Crippen LogP contribution is -2.56. The fourth-order valence-electron chi connectivity index (χ4n) is 7.91. The maximum atomic E-state index is 11.5. The van der Waals surface area contributed by atoms with Gasteiger partial charge in [-0.25, -0.2) is 0 Å². The van der Waals surface area contributed by atoms with Crippen LogP contribution in [0.4, 0.5) is 0 Å². The Labute approximate surface area is 188 Å². The third-order valence-electron chi connectivity index (χ3n) is 9.03. The smallest absolute Gasteiger partial charge is 0.303 e. The van der Waals surface area contributed by atoms with E-state index in [-0.39, 0.29) is 17.8 Å². The van der Waals surface area contributed by atoms with Crippen LogP contribution in [0.25, 0.3) is 0 Å². The summed E-state index contributed by atoms with van der Waals surface area (Å²) in [6, 6.07) is 0. The van der Waals surface area contributed by atoms with E-state index in [1.807, 2.05) is 13.8 Å². The Morgan fingerprint density at radius 1 is 1.06 bits per heavy atom. The molecule has 0 aromatic carbocycles. The lowest BCUT2D eigenvalue weighted by Gasteiger charge is -2.59. The first-order valence-corrected chi connectivity index (χ1v) is 12.7. The third kappa shape index (κ3) is 5.01. The summed E-state index contributed by atoms with van der Waals surface area (Å²) < 4.78 is 5.93. The standard InChI is InChI=1S/C24H38O5.C2H6/c1-3-13-23(2)17(12-15-25)7-9-19-20(23)11-14-24(29-16-26)18(8-10-21(19)24)5-4-6-22(27)28;1-2/h15-21H,3-14H2,1-2H3,(H,27,28);1-2H3. The molecule has 0 radical (unpaired) electrons. The molecule has 0 amide bonds. The summed E-state index contributed by atoms with van der Waals surface area (Å²) >= 11 is 0. The van der Waals surface area contributed by atoms with Crippen LogP contribution in [-0.2, 0) is 19.1 Å². The molecule has 0 saturated heterocycles. The van der Waals surface area contributed by atoms with Gasteiger partial charge in [0, 0.05) is 18.8 Å². The van der Waals surface area contributed by atoms with E-state index in [0.29, 0.717) is 43.0 Å². The highest BCUT2D eigenvalue weighted by Gasteiger charge is 2.62. The third-order valence-corrected chi connectivity index (χ3v) is 9.03. The van der Waals surface area contributed by atoms with Crippen molar-refractivity contribution in [1.29, 1.82) is 0 Å². The summed E-state index contributed by atoms with van der Waals surface area (Å²) in [5.74, 6) is 1.52. The highest BCUT2D eigenvalue weighted by atomic mass is 16.5. The van der Waals surface area contributed by atoms with Gasteiger partial charge in [-0.15, -0.1) is 0 Å². The minimum atomic E-state index is -0.752. The van der Waals surface area contributed by atoms with Crippen LogP contribution in [0.1, 0.15) is 105 Å². The van der Waals surface area contributed by atoms with Gasteiger partial charge in [0.2, 0.25) is 0 Å². The van der Waals surface area contributed by atoms with E-state index in [2.05, 4.69) is 13.8 Å². The molecule has 5 heteroatoms. The van der Waals surface area contributed by atoms with Crippen molar-refractivity contribution in [1.82, 2.24) is 0 Å². The molecule has 0 aromatic rings. The van der Waals surface area contributed by atoms with Gasteiger partial charge >= 0.3 is 5.97 Å². The van der Waals surface area contributed by atoms with Gasteiger partial charge in [0.1, 0.15) is 11.9 Å². The first kappa shape index (κ1) is 25.9. The van der Waals surface area contributed by atoms with E-state index in [4.69, 9.17) is 9.84 Å². The van der Waals surface area contributed by atoms with Gasteiger partial charge in [0.05, 0.1) is 0 Å². The van der Waals surface area contributed by atoms with Crippen LogP contribution >= 0.6 is 0 Å². The molecule has 3 rings (SSSR count). The monoisotopic (exact) mass is 436 g/mol. The number of ether oxygens (including phenoxy) is 1. The van der Waals surface area contributed by atoms with Crippen LogP contribution in [0.2, 0.25) is 0 Å². The maximum Gasteiger partial charge on any atom is 0.303 e. The van der Waals surface area contributed by atoms with E-state index in [1.165, 1.54) is 0 Å². The van der Waals surface area contributed by atoms with Crippen LogP contribution in [0.15, 0.2) is 0 Å². The summed E-state index contributed by atoms with van der Waals surface area (Å²) in [6.45, 7) is 9.30. The molecular weight excluding hydrogens is 392 g/mol. The average Bonchev–Trinajstić information content (AvgIpc) is 3.10. The predicted octanol–water partition coefficient (Wildman–Crippen LogP) is 6.04. The van der Waals surface area contributed by atoms with Crippen LogP contribution in [0.3, 0.4) is 0 Å². The molecule has 0 bridgehead atoms. The number of carbonyl (C=O) groups excluding carboxylic acids is 2. The molecule has 3 aliphatic carbocycles. The average molecular weight is 437 g/mol. The van der Waals surface area contributed by atoms with E-state index in [1.54, 1.807) is 0 Å². The fourth-order valence-corrected chi connectivity index (χ4v) is 7.91. The Hall–Kier alpha value is -1.39. The Bertz CT molecular complexity index is 605. The van der Waals surface area contributed by atoms with Crippen molar-refractivity contribution in [2.24, 2.45) is 35.0 Å². The van der Waals surface area contributed by atoms with Crippen LogP contribution in [-0.4, -0.2) is 29.4 Å². The van der Waals surface area contributed by atoms with E-state index >= 15 is 0 Å². The van der Waals surface area contributed by atoms with Crippen molar-refractivity contribution in [3.63, 3.8) is 0 Å². The molecule has 5 nitrogen and oxygen atoms in total. The zero-order chi connectivity index (χ0) is 23.1. The molecule has 0 spiro atoms. The Kier molecular flexibility index (Phi) is 9.57. The Balaban J connectivity index is 0.00000166. The Morgan fingerprint density at radius 2 is 1.77 bits per heavy atom. The molecule has 3 aliphatic rings.